The van der Waals surface area contributed by atoms with E-state index in [-0.39, 0.29) is 17.6 Å². The normalized spacial score (nSPS) is 17.8. The van der Waals surface area contributed by atoms with E-state index in [1.165, 1.54) is 23.1 Å². The Hall–Kier alpha value is -2.87. The summed E-state index contributed by atoms with van der Waals surface area (Å²) in [5.41, 5.74) is 1.61. The van der Waals surface area contributed by atoms with E-state index in [2.05, 4.69) is 26.9 Å². The van der Waals surface area contributed by atoms with Crippen LogP contribution in [-0.4, -0.2) is 62.2 Å². The van der Waals surface area contributed by atoms with Gasteiger partial charge >= 0.3 is 0 Å². The van der Waals surface area contributed by atoms with Crippen LogP contribution in [0.4, 0.5) is 15.2 Å². The van der Waals surface area contributed by atoms with Gasteiger partial charge < -0.3 is 19.4 Å². The van der Waals surface area contributed by atoms with Gasteiger partial charge in [0.05, 0.1) is 11.8 Å². The Kier molecular flexibility index (Phi) is 5.87. The largest absolute Gasteiger partial charge is 0.497 e. The monoisotopic (exact) mass is 454 g/mol. The van der Waals surface area contributed by atoms with Crippen LogP contribution in [0.25, 0.3) is 10.2 Å². The molecule has 0 spiro atoms. The van der Waals surface area contributed by atoms with Gasteiger partial charge in [-0.2, -0.15) is 0 Å². The molecule has 1 amide bonds. The number of ether oxygens (including phenoxy) is 1. The molecule has 168 valence electrons. The molecule has 0 bridgehead atoms. The molecule has 0 N–H and O–H groups in total. The number of amides is 1. The molecule has 0 radical (unpaired) electrons. The molecular formula is C24H27FN4O2S. The van der Waals surface area contributed by atoms with Crippen LogP contribution in [0.5, 0.6) is 5.75 Å². The van der Waals surface area contributed by atoms with E-state index < -0.39 is 0 Å². The van der Waals surface area contributed by atoms with Gasteiger partial charge in [-0.25, -0.2) is 9.37 Å². The fourth-order valence-corrected chi connectivity index (χ4v) is 5.62. The van der Waals surface area contributed by atoms with Crippen LogP contribution in [0.15, 0.2) is 42.5 Å². The maximum atomic E-state index is 14.0. The molecule has 0 aliphatic carbocycles. The summed E-state index contributed by atoms with van der Waals surface area (Å²) >= 11 is 1.52. The first kappa shape index (κ1) is 21.0. The van der Waals surface area contributed by atoms with Crippen molar-refractivity contribution >= 4 is 38.3 Å². The summed E-state index contributed by atoms with van der Waals surface area (Å²) in [5.74, 6) is 0.910. The van der Waals surface area contributed by atoms with Gasteiger partial charge in [0.15, 0.2) is 5.13 Å². The second-order valence-corrected chi connectivity index (χ2v) is 9.36. The maximum Gasteiger partial charge on any atom is 0.225 e. The van der Waals surface area contributed by atoms with Crippen molar-refractivity contribution in [1.82, 2.24) is 9.88 Å². The van der Waals surface area contributed by atoms with Crippen molar-refractivity contribution in [3.05, 3.63) is 48.3 Å². The summed E-state index contributed by atoms with van der Waals surface area (Å²) < 4.78 is 20.1. The van der Waals surface area contributed by atoms with Crippen molar-refractivity contribution in [2.75, 3.05) is 56.2 Å². The summed E-state index contributed by atoms with van der Waals surface area (Å²) in [6.07, 6.45) is 1.63. The molecule has 2 aromatic carbocycles. The molecule has 0 saturated carbocycles. The molecular weight excluding hydrogens is 427 g/mol. The third-order valence-electron chi connectivity index (χ3n) is 6.50. The number of rotatable bonds is 4. The summed E-state index contributed by atoms with van der Waals surface area (Å²) in [6.45, 7) is 4.75. The molecule has 32 heavy (non-hydrogen) atoms. The average Bonchev–Trinajstić information content (AvgIpc) is 3.30. The van der Waals surface area contributed by atoms with E-state index in [1.54, 1.807) is 13.2 Å². The zero-order chi connectivity index (χ0) is 22.1. The van der Waals surface area contributed by atoms with Crippen molar-refractivity contribution in [3.8, 4) is 5.75 Å². The van der Waals surface area contributed by atoms with E-state index in [0.717, 1.165) is 67.7 Å². The van der Waals surface area contributed by atoms with Crippen LogP contribution in [0.2, 0.25) is 0 Å². The molecule has 2 saturated heterocycles. The number of fused-ring (bicyclic) bond motifs is 1. The first-order valence-corrected chi connectivity index (χ1v) is 11.9. The van der Waals surface area contributed by atoms with Crippen molar-refractivity contribution in [2.24, 2.45) is 5.92 Å². The SMILES string of the molecule is COc1ccc(N2CCN(C(=O)C3CCN(c4nc5c(F)cccc5s4)CC3)CC2)cc1. The van der Waals surface area contributed by atoms with Crippen LogP contribution < -0.4 is 14.5 Å². The molecule has 1 aromatic heterocycles. The van der Waals surface area contributed by atoms with E-state index in [4.69, 9.17) is 4.74 Å². The number of hydrogen-bond donors (Lipinski definition) is 0. The molecule has 0 unspecified atom stereocenters. The minimum absolute atomic E-state index is 0.0601. The van der Waals surface area contributed by atoms with Gasteiger partial charge in [0.2, 0.25) is 5.91 Å². The number of nitrogens with zero attached hydrogens (tertiary/aromatic N) is 4. The number of thiazole rings is 1. The quantitative estimate of drug-likeness (QED) is 0.596. The highest BCUT2D eigenvalue weighted by Crippen LogP contribution is 2.33. The molecule has 2 aliphatic heterocycles. The van der Waals surface area contributed by atoms with Crippen LogP contribution in [0, 0.1) is 11.7 Å². The molecule has 3 aromatic rings. The minimum Gasteiger partial charge on any atom is -0.497 e. The second kappa shape index (κ2) is 8.94. The van der Waals surface area contributed by atoms with E-state index in [9.17, 15) is 9.18 Å². The molecule has 2 fully saturated rings. The Morgan fingerprint density at radius 3 is 2.38 bits per heavy atom. The number of carbonyl (C=O) groups is 1. The molecule has 8 heteroatoms. The smallest absolute Gasteiger partial charge is 0.225 e. The van der Waals surface area contributed by atoms with E-state index in [0.29, 0.717) is 5.52 Å². The van der Waals surface area contributed by atoms with Crippen molar-refractivity contribution in [1.29, 1.82) is 0 Å². The molecule has 3 heterocycles. The molecule has 0 atom stereocenters. The summed E-state index contributed by atoms with van der Waals surface area (Å²) in [7, 11) is 1.67. The summed E-state index contributed by atoms with van der Waals surface area (Å²) in [5, 5.41) is 0.851. The van der Waals surface area contributed by atoms with Gasteiger partial charge in [0, 0.05) is 50.9 Å². The topological polar surface area (TPSA) is 48.9 Å². The first-order valence-electron chi connectivity index (χ1n) is 11.1. The fraction of sp³-hybridized carbons (Fsp3) is 0.417. The Morgan fingerprint density at radius 1 is 1.00 bits per heavy atom. The van der Waals surface area contributed by atoms with Gasteiger partial charge in [0.1, 0.15) is 17.1 Å². The van der Waals surface area contributed by atoms with Crippen LogP contribution in [-0.2, 0) is 4.79 Å². The number of para-hydroxylation sites is 1. The summed E-state index contributed by atoms with van der Waals surface area (Å²) in [6, 6.07) is 13.2. The van der Waals surface area contributed by atoms with Gasteiger partial charge in [-0.15, -0.1) is 0 Å². The molecule has 2 aliphatic rings. The minimum atomic E-state index is -0.274. The maximum absolute atomic E-state index is 14.0. The van der Waals surface area contributed by atoms with Crippen LogP contribution >= 0.6 is 11.3 Å². The van der Waals surface area contributed by atoms with Gasteiger partial charge in [-0.3, -0.25) is 4.79 Å². The second-order valence-electron chi connectivity index (χ2n) is 8.35. The Labute approximate surface area is 191 Å². The number of piperazine rings is 1. The highest BCUT2D eigenvalue weighted by atomic mass is 32.1. The van der Waals surface area contributed by atoms with Gasteiger partial charge in [0.25, 0.3) is 0 Å². The standard InChI is InChI=1S/C24H27FN4O2S/c1-31-19-7-5-18(6-8-19)27-13-15-28(16-14-27)23(30)17-9-11-29(12-10-17)24-26-22-20(25)3-2-4-21(22)32-24/h2-8,17H,9-16H2,1H3. The number of aromatic nitrogens is 1. The Balaban J connectivity index is 1.15. The number of hydrogen-bond acceptors (Lipinski definition) is 6. The average molecular weight is 455 g/mol. The van der Waals surface area contributed by atoms with E-state index >= 15 is 0 Å². The molecule has 5 rings (SSSR count). The lowest BCUT2D eigenvalue weighted by atomic mass is 9.95. The van der Waals surface area contributed by atoms with Crippen LogP contribution in [0.1, 0.15) is 12.8 Å². The van der Waals surface area contributed by atoms with Gasteiger partial charge in [-0.05, 0) is 49.2 Å². The number of benzene rings is 2. The van der Waals surface area contributed by atoms with Crippen LogP contribution in [0.3, 0.4) is 0 Å². The Bertz CT molecular complexity index is 1090. The number of halogens is 1. The first-order chi connectivity index (χ1) is 15.6. The number of anilines is 2. The van der Waals surface area contributed by atoms with Gasteiger partial charge in [-0.1, -0.05) is 17.4 Å². The van der Waals surface area contributed by atoms with Crippen molar-refractivity contribution in [3.63, 3.8) is 0 Å². The predicted molar refractivity (Wildman–Crippen MR) is 126 cm³/mol. The number of carbonyl (C=O) groups excluding carboxylic acids is 1. The third-order valence-corrected chi connectivity index (χ3v) is 7.58. The fourth-order valence-electron chi connectivity index (χ4n) is 4.59. The zero-order valence-corrected chi connectivity index (χ0v) is 19.0. The molecule has 6 nitrogen and oxygen atoms in total. The highest BCUT2D eigenvalue weighted by molar-refractivity contribution is 7.22. The summed E-state index contributed by atoms with van der Waals surface area (Å²) in [4.78, 5) is 24.2. The highest BCUT2D eigenvalue weighted by Gasteiger charge is 2.31. The van der Waals surface area contributed by atoms with E-state index in [1.807, 2.05) is 23.1 Å². The predicted octanol–water partition coefficient (Wildman–Crippen LogP) is 4.01. The Morgan fingerprint density at radius 2 is 1.72 bits per heavy atom. The van der Waals surface area contributed by atoms with Crippen molar-refractivity contribution in [2.45, 2.75) is 12.8 Å². The van der Waals surface area contributed by atoms with Crippen molar-refractivity contribution < 1.29 is 13.9 Å². The third kappa shape index (κ3) is 4.11. The lowest BCUT2D eigenvalue weighted by molar-refractivity contribution is -0.136. The number of methoxy groups -OCH3 is 1. The lowest BCUT2D eigenvalue weighted by Gasteiger charge is -2.39. The zero-order valence-electron chi connectivity index (χ0n) is 18.2. The number of piperidine rings is 1. The lowest BCUT2D eigenvalue weighted by Crippen LogP contribution is -2.51.